The zero-order chi connectivity index (χ0) is 12.4. The highest BCUT2D eigenvalue weighted by Crippen LogP contribution is 2.33. The fourth-order valence-corrected chi connectivity index (χ4v) is 2.88. The zero-order valence-corrected chi connectivity index (χ0v) is 11.6. The monoisotopic (exact) mass is 297 g/mol. The van der Waals surface area contributed by atoms with Crippen LogP contribution in [0.4, 0.5) is 0 Å². The Labute approximate surface area is 110 Å². The third-order valence-corrected chi connectivity index (χ3v) is 3.78. The van der Waals surface area contributed by atoms with E-state index >= 15 is 0 Å². The van der Waals surface area contributed by atoms with E-state index < -0.39 is 0 Å². The molecule has 3 nitrogen and oxygen atoms in total. The van der Waals surface area contributed by atoms with Crippen LogP contribution in [0.1, 0.15) is 11.5 Å². The number of methoxy groups -OCH3 is 1. The molecule has 2 unspecified atom stereocenters. The first-order valence-corrected chi connectivity index (χ1v) is 6.43. The Kier molecular flexibility index (Phi) is 3.84. The standard InChI is InChI=1S/C13H16BrNO2/c1-15-7-11(12(8-15)13(16)17-2)9-4-3-5-10(14)6-9/h3-6,11-12H,7-8H2,1-2H3. The van der Waals surface area contributed by atoms with Crippen LogP contribution in [0.3, 0.4) is 0 Å². The number of hydrogen-bond donors (Lipinski definition) is 0. The van der Waals surface area contributed by atoms with Crippen molar-refractivity contribution in [2.75, 3.05) is 27.2 Å². The van der Waals surface area contributed by atoms with Crippen LogP contribution in [-0.4, -0.2) is 38.1 Å². The maximum Gasteiger partial charge on any atom is 0.310 e. The molecule has 17 heavy (non-hydrogen) atoms. The summed E-state index contributed by atoms with van der Waals surface area (Å²) < 4.78 is 5.94. The first-order chi connectivity index (χ1) is 8.11. The molecule has 1 aromatic rings. The van der Waals surface area contributed by atoms with E-state index in [1.165, 1.54) is 12.7 Å². The summed E-state index contributed by atoms with van der Waals surface area (Å²) in [7, 11) is 3.49. The Morgan fingerprint density at radius 1 is 1.47 bits per heavy atom. The molecule has 1 saturated heterocycles. The topological polar surface area (TPSA) is 29.5 Å². The molecule has 0 radical (unpaired) electrons. The van der Waals surface area contributed by atoms with Crippen molar-refractivity contribution in [1.82, 2.24) is 4.90 Å². The SMILES string of the molecule is COC(=O)C1CN(C)CC1c1cccc(Br)c1. The lowest BCUT2D eigenvalue weighted by Crippen LogP contribution is -2.23. The maximum atomic E-state index is 11.8. The third kappa shape index (κ3) is 2.69. The van der Waals surface area contributed by atoms with Gasteiger partial charge in [-0.1, -0.05) is 28.1 Å². The first kappa shape index (κ1) is 12.6. The predicted octanol–water partition coefficient (Wildman–Crippen LogP) is 2.27. The molecule has 0 aromatic heterocycles. The molecule has 1 aliphatic heterocycles. The van der Waals surface area contributed by atoms with Crippen molar-refractivity contribution in [1.29, 1.82) is 0 Å². The lowest BCUT2D eigenvalue weighted by atomic mass is 9.89. The van der Waals surface area contributed by atoms with E-state index in [-0.39, 0.29) is 17.8 Å². The van der Waals surface area contributed by atoms with Crippen molar-refractivity contribution in [3.05, 3.63) is 34.3 Å². The second kappa shape index (κ2) is 5.19. The summed E-state index contributed by atoms with van der Waals surface area (Å²) in [6, 6.07) is 8.16. The third-order valence-electron chi connectivity index (χ3n) is 3.28. The van der Waals surface area contributed by atoms with Gasteiger partial charge in [-0.2, -0.15) is 0 Å². The molecule has 2 atom stereocenters. The second-order valence-corrected chi connectivity index (χ2v) is 5.43. The van der Waals surface area contributed by atoms with Gasteiger partial charge < -0.3 is 9.64 Å². The number of esters is 1. The minimum atomic E-state index is -0.112. The Hall–Kier alpha value is -0.870. The largest absolute Gasteiger partial charge is 0.469 e. The summed E-state index contributed by atoms with van der Waals surface area (Å²) in [6.07, 6.45) is 0. The van der Waals surface area contributed by atoms with Crippen LogP contribution in [0.15, 0.2) is 28.7 Å². The molecular formula is C13H16BrNO2. The summed E-state index contributed by atoms with van der Waals surface area (Å²) in [4.78, 5) is 13.9. The van der Waals surface area contributed by atoms with E-state index in [2.05, 4.69) is 33.0 Å². The number of carbonyl (C=O) groups excluding carboxylic acids is 1. The highest BCUT2D eigenvalue weighted by Gasteiger charge is 2.37. The van der Waals surface area contributed by atoms with Gasteiger partial charge in [-0.05, 0) is 24.7 Å². The lowest BCUT2D eigenvalue weighted by Gasteiger charge is -2.16. The minimum Gasteiger partial charge on any atom is -0.469 e. The van der Waals surface area contributed by atoms with Gasteiger partial charge in [0.15, 0.2) is 0 Å². The fourth-order valence-electron chi connectivity index (χ4n) is 2.47. The van der Waals surface area contributed by atoms with Gasteiger partial charge in [0.2, 0.25) is 0 Å². The van der Waals surface area contributed by atoms with Crippen LogP contribution in [0.5, 0.6) is 0 Å². The first-order valence-electron chi connectivity index (χ1n) is 5.63. The summed E-state index contributed by atoms with van der Waals surface area (Å²) in [5.74, 6) is 0.0589. The number of hydrogen-bond acceptors (Lipinski definition) is 3. The van der Waals surface area contributed by atoms with E-state index in [1.807, 2.05) is 19.2 Å². The highest BCUT2D eigenvalue weighted by atomic mass is 79.9. The molecule has 1 heterocycles. The van der Waals surface area contributed by atoms with Crippen LogP contribution in [0, 0.1) is 5.92 Å². The number of benzene rings is 1. The molecule has 1 aliphatic rings. The Bertz CT molecular complexity index is 422. The number of ether oxygens (including phenoxy) is 1. The molecule has 0 bridgehead atoms. The van der Waals surface area contributed by atoms with Crippen molar-refractivity contribution in [3.8, 4) is 0 Å². The van der Waals surface area contributed by atoms with Crippen molar-refractivity contribution in [3.63, 3.8) is 0 Å². The number of likely N-dealkylation sites (tertiary alicyclic amines) is 1. The van der Waals surface area contributed by atoms with Crippen LogP contribution >= 0.6 is 15.9 Å². The predicted molar refractivity (Wildman–Crippen MR) is 69.9 cm³/mol. The summed E-state index contributed by atoms with van der Waals surface area (Å²) in [6.45, 7) is 1.67. The summed E-state index contributed by atoms with van der Waals surface area (Å²) >= 11 is 3.47. The molecule has 0 spiro atoms. The molecule has 4 heteroatoms. The van der Waals surface area contributed by atoms with E-state index in [0.717, 1.165) is 17.6 Å². The minimum absolute atomic E-state index is 0.0562. The van der Waals surface area contributed by atoms with E-state index in [1.54, 1.807) is 0 Å². The number of halogens is 1. The Balaban J connectivity index is 2.26. The Morgan fingerprint density at radius 3 is 2.88 bits per heavy atom. The molecular weight excluding hydrogens is 282 g/mol. The van der Waals surface area contributed by atoms with Crippen LogP contribution < -0.4 is 0 Å². The van der Waals surface area contributed by atoms with Gasteiger partial charge in [-0.3, -0.25) is 4.79 Å². The maximum absolute atomic E-state index is 11.8. The number of nitrogens with zero attached hydrogens (tertiary/aromatic N) is 1. The molecule has 2 rings (SSSR count). The van der Waals surface area contributed by atoms with Crippen LogP contribution in [-0.2, 0) is 9.53 Å². The quantitative estimate of drug-likeness (QED) is 0.785. The van der Waals surface area contributed by atoms with E-state index in [4.69, 9.17) is 4.74 Å². The van der Waals surface area contributed by atoms with Gasteiger partial charge >= 0.3 is 5.97 Å². The van der Waals surface area contributed by atoms with E-state index in [9.17, 15) is 4.79 Å². The molecule has 1 aromatic carbocycles. The number of likely N-dealkylation sites (N-methyl/N-ethyl adjacent to an activating group) is 1. The molecule has 0 amide bonds. The van der Waals surface area contributed by atoms with Crippen molar-refractivity contribution in [2.24, 2.45) is 5.92 Å². The average Bonchev–Trinajstić information content (AvgIpc) is 2.70. The van der Waals surface area contributed by atoms with E-state index in [0.29, 0.717) is 0 Å². The smallest absolute Gasteiger partial charge is 0.310 e. The van der Waals surface area contributed by atoms with Crippen molar-refractivity contribution in [2.45, 2.75) is 5.92 Å². The van der Waals surface area contributed by atoms with Crippen molar-refractivity contribution < 1.29 is 9.53 Å². The summed E-state index contributed by atoms with van der Waals surface area (Å²) in [5, 5.41) is 0. The normalized spacial score (nSPS) is 24.9. The van der Waals surface area contributed by atoms with Crippen LogP contribution in [0.25, 0.3) is 0 Å². The number of carbonyl (C=O) groups is 1. The lowest BCUT2D eigenvalue weighted by molar-refractivity contribution is -0.145. The Morgan fingerprint density at radius 2 is 2.24 bits per heavy atom. The van der Waals surface area contributed by atoms with Gasteiger partial charge in [-0.15, -0.1) is 0 Å². The summed E-state index contributed by atoms with van der Waals surface area (Å²) in [5.41, 5.74) is 1.19. The van der Waals surface area contributed by atoms with Gasteiger partial charge in [-0.25, -0.2) is 0 Å². The van der Waals surface area contributed by atoms with Crippen LogP contribution in [0.2, 0.25) is 0 Å². The fraction of sp³-hybridized carbons (Fsp3) is 0.462. The average molecular weight is 298 g/mol. The molecule has 0 N–H and O–H groups in total. The second-order valence-electron chi connectivity index (χ2n) is 4.51. The van der Waals surface area contributed by atoms with Crippen molar-refractivity contribution >= 4 is 21.9 Å². The molecule has 0 aliphatic carbocycles. The zero-order valence-electron chi connectivity index (χ0n) is 10.0. The van der Waals surface area contributed by atoms with Gasteiger partial charge in [0.25, 0.3) is 0 Å². The van der Waals surface area contributed by atoms with Gasteiger partial charge in [0.05, 0.1) is 13.0 Å². The van der Waals surface area contributed by atoms with Gasteiger partial charge in [0, 0.05) is 23.5 Å². The highest BCUT2D eigenvalue weighted by molar-refractivity contribution is 9.10. The van der Waals surface area contributed by atoms with Gasteiger partial charge in [0.1, 0.15) is 0 Å². The molecule has 92 valence electrons. The molecule has 0 saturated carbocycles. The molecule has 1 fully saturated rings. The number of rotatable bonds is 2.